The molecule has 0 amide bonds. The number of nitrogens with zero attached hydrogens (tertiary/aromatic N) is 5. The topological polar surface area (TPSA) is 126 Å². The largest absolute Gasteiger partial charge is 0.437 e. The van der Waals surface area contributed by atoms with Crippen molar-refractivity contribution in [3.63, 3.8) is 0 Å². The molecular weight excluding hydrogens is 546 g/mol. The van der Waals surface area contributed by atoms with E-state index in [1.54, 1.807) is 42.5 Å². The summed E-state index contributed by atoms with van der Waals surface area (Å²) >= 11 is 0. The molecule has 0 radical (unpaired) electrons. The number of fused-ring (bicyclic) bond motifs is 6. The summed E-state index contributed by atoms with van der Waals surface area (Å²) in [4.78, 5) is 34.7. The van der Waals surface area contributed by atoms with E-state index in [1.165, 1.54) is 16.9 Å². The molecule has 1 unspecified atom stereocenters. The molecule has 4 aromatic carbocycles. The summed E-state index contributed by atoms with van der Waals surface area (Å²) in [5.74, 6) is -0.116. The first-order valence-corrected chi connectivity index (χ1v) is 13.4. The molecular formula is C33H19N5O5. The van der Waals surface area contributed by atoms with Crippen molar-refractivity contribution in [3.05, 3.63) is 147 Å². The van der Waals surface area contributed by atoms with Gasteiger partial charge >= 0.3 is 5.63 Å². The second-order valence-corrected chi connectivity index (χ2v) is 10.1. The van der Waals surface area contributed by atoms with Crippen molar-refractivity contribution in [1.82, 2.24) is 19.6 Å². The minimum atomic E-state index is -0.963. The van der Waals surface area contributed by atoms with Gasteiger partial charge in [0, 0.05) is 17.2 Å². The maximum Gasteiger partial charge on any atom is 0.344 e. The molecule has 0 spiro atoms. The molecule has 0 bridgehead atoms. The van der Waals surface area contributed by atoms with E-state index in [2.05, 4.69) is 10.1 Å². The van der Waals surface area contributed by atoms with Crippen molar-refractivity contribution in [1.29, 1.82) is 0 Å². The average molecular weight is 566 g/mol. The van der Waals surface area contributed by atoms with E-state index in [-0.39, 0.29) is 28.4 Å². The summed E-state index contributed by atoms with van der Waals surface area (Å²) in [5.41, 5.74) is 3.57. The zero-order valence-electron chi connectivity index (χ0n) is 22.2. The third-order valence-corrected chi connectivity index (χ3v) is 7.66. The number of hydrogen-bond acceptors (Lipinski definition) is 8. The fourth-order valence-electron chi connectivity index (χ4n) is 5.70. The van der Waals surface area contributed by atoms with Crippen LogP contribution in [0.1, 0.15) is 22.6 Å². The summed E-state index contributed by atoms with van der Waals surface area (Å²) in [5, 5.41) is 17.4. The quantitative estimate of drug-likeness (QED) is 0.130. The van der Waals surface area contributed by atoms with E-state index in [0.29, 0.717) is 28.0 Å². The summed E-state index contributed by atoms with van der Waals surface area (Å²) in [6.45, 7) is 0. The zero-order chi connectivity index (χ0) is 29.1. The third kappa shape index (κ3) is 3.88. The Bertz CT molecular complexity index is 2280. The van der Waals surface area contributed by atoms with Gasteiger partial charge in [-0.3, -0.25) is 10.1 Å². The van der Waals surface area contributed by atoms with Gasteiger partial charge in [0.25, 0.3) is 5.69 Å². The lowest BCUT2D eigenvalue weighted by molar-refractivity contribution is -0.385. The van der Waals surface area contributed by atoms with Gasteiger partial charge in [-0.15, -0.1) is 5.10 Å². The monoisotopic (exact) mass is 565 g/mol. The average Bonchev–Trinajstić information content (AvgIpc) is 3.49. The predicted octanol–water partition coefficient (Wildman–Crippen LogP) is 6.76. The maximum absolute atomic E-state index is 13.6. The van der Waals surface area contributed by atoms with Gasteiger partial charge in [0.2, 0.25) is 5.88 Å². The molecule has 0 saturated carbocycles. The summed E-state index contributed by atoms with van der Waals surface area (Å²) < 4.78 is 13.5. The lowest BCUT2D eigenvalue weighted by Gasteiger charge is -2.27. The molecule has 0 fully saturated rings. The van der Waals surface area contributed by atoms with Gasteiger partial charge < -0.3 is 9.15 Å². The number of rotatable bonds is 4. The van der Waals surface area contributed by atoms with Crippen LogP contribution in [0.5, 0.6) is 11.6 Å². The van der Waals surface area contributed by atoms with Crippen LogP contribution < -0.4 is 10.4 Å². The zero-order valence-corrected chi connectivity index (χ0v) is 22.2. The molecule has 0 N–H and O–H groups in total. The van der Waals surface area contributed by atoms with E-state index >= 15 is 0 Å². The Morgan fingerprint density at radius 3 is 2.30 bits per heavy atom. The Morgan fingerprint density at radius 1 is 0.791 bits per heavy atom. The Kier molecular flexibility index (Phi) is 5.41. The van der Waals surface area contributed by atoms with Crippen LogP contribution in [0.15, 0.2) is 119 Å². The van der Waals surface area contributed by atoms with Crippen LogP contribution in [0.3, 0.4) is 0 Å². The van der Waals surface area contributed by atoms with Crippen LogP contribution in [-0.2, 0) is 0 Å². The Balaban J connectivity index is 1.36. The standard InChI is InChI=1S/C33H19N5O5/c39-33-27-26(22-10-4-6-12-24(22)38(40)41)28-31-35-30(21-16-14-20(15-17-21)19-8-2-1-3-9-19)36-37(31)18-34-32(28)43-29(27)23-11-5-7-13-25(23)42-33/h1-18,26H. The number of para-hydroxylation sites is 2. The molecule has 206 valence electrons. The van der Waals surface area contributed by atoms with Crippen molar-refractivity contribution in [2.45, 2.75) is 5.92 Å². The van der Waals surface area contributed by atoms with Crippen LogP contribution in [0.4, 0.5) is 5.69 Å². The Labute approximate surface area is 242 Å². The van der Waals surface area contributed by atoms with Crippen molar-refractivity contribution in [3.8, 4) is 34.1 Å². The fraction of sp³-hybridized carbons (Fsp3) is 0.0303. The molecule has 10 nitrogen and oxygen atoms in total. The number of benzene rings is 4. The number of nitro groups is 1. The van der Waals surface area contributed by atoms with E-state index in [1.807, 2.05) is 54.6 Å². The summed E-state index contributed by atoms with van der Waals surface area (Å²) in [6.07, 6.45) is 1.48. The lowest BCUT2D eigenvalue weighted by Crippen LogP contribution is -2.23. The lowest BCUT2D eigenvalue weighted by atomic mass is 9.83. The van der Waals surface area contributed by atoms with Crippen molar-refractivity contribution in [2.75, 3.05) is 0 Å². The third-order valence-electron chi connectivity index (χ3n) is 7.66. The SMILES string of the molecule is O=c1oc2ccccc2c2c1C(c1ccccc1[N+](=O)[O-])c1c(ncn3nc(-c4ccc(-c5ccccc5)cc4)nc13)O2. The summed E-state index contributed by atoms with van der Waals surface area (Å²) in [7, 11) is 0. The first-order valence-electron chi connectivity index (χ1n) is 13.4. The second kappa shape index (κ2) is 9.45. The maximum atomic E-state index is 13.6. The molecule has 1 aliphatic heterocycles. The second-order valence-electron chi connectivity index (χ2n) is 10.1. The van der Waals surface area contributed by atoms with Gasteiger partial charge in [-0.1, -0.05) is 84.9 Å². The molecule has 1 atom stereocenters. The molecule has 0 aliphatic carbocycles. The molecule has 7 aromatic rings. The highest BCUT2D eigenvalue weighted by atomic mass is 16.6. The van der Waals surface area contributed by atoms with Crippen LogP contribution in [-0.4, -0.2) is 24.5 Å². The number of aromatic nitrogens is 4. The minimum Gasteiger partial charge on any atom is -0.437 e. The number of hydrogen-bond donors (Lipinski definition) is 0. The van der Waals surface area contributed by atoms with E-state index in [4.69, 9.17) is 14.1 Å². The van der Waals surface area contributed by atoms with Crippen LogP contribution >= 0.6 is 0 Å². The Hall–Kier alpha value is -6.16. The highest BCUT2D eigenvalue weighted by Crippen LogP contribution is 2.50. The van der Waals surface area contributed by atoms with Crippen LogP contribution in [0, 0.1) is 10.1 Å². The molecule has 10 heteroatoms. The smallest absolute Gasteiger partial charge is 0.344 e. The van der Waals surface area contributed by atoms with E-state index in [0.717, 1.165) is 16.7 Å². The first kappa shape index (κ1) is 24.6. The van der Waals surface area contributed by atoms with Gasteiger partial charge in [0.15, 0.2) is 17.2 Å². The number of nitro benzene ring substituents is 1. The molecule has 8 rings (SSSR count). The molecule has 1 aliphatic rings. The predicted molar refractivity (Wildman–Crippen MR) is 158 cm³/mol. The molecule has 3 aromatic heterocycles. The number of ether oxygens (including phenoxy) is 1. The highest BCUT2D eigenvalue weighted by molar-refractivity contribution is 5.87. The molecule has 4 heterocycles. The minimum absolute atomic E-state index is 0.132. The van der Waals surface area contributed by atoms with Gasteiger partial charge in [0.1, 0.15) is 11.9 Å². The van der Waals surface area contributed by atoms with Crippen molar-refractivity contribution >= 4 is 22.3 Å². The molecule has 0 saturated heterocycles. The highest BCUT2D eigenvalue weighted by Gasteiger charge is 2.40. The van der Waals surface area contributed by atoms with Gasteiger partial charge in [-0.25, -0.2) is 19.3 Å². The van der Waals surface area contributed by atoms with Crippen molar-refractivity contribution in [2.24, 2.45) is 0 Å². The van der Waals surface area contributed by atoms with Crippen LogP contribution in [0.2, 0.25) is 0 Å². The Morgan fingerprint density at radius 2 is 1.49 bits per heavy atom. The van der Waals surface area contributed by atoms with E-state index in [9.17, 15) is 14.9 Å². The van der Waals surface area contributed by atoms with E-state index < -0.39 is 16.5 Å². The molecule has 43 heavy (non-hydrogen) atoms. The first-order chi connectivity index (χ1) is 21.1. The van der Waals surface area contributed by atoms with Gasteiger partial charge in [-0.2, -0.15) is 0 Å². The fourth-order valence-corrected chi connectivity index (χ4v) is 5.70. The van der Waals surface area contributed by atoms with Gasteiger partial charge in [0.05, 0.1) is 27.4 Å². The van der Waals surface area contributed by atoms with Crippen molar-refractivity contribution < 1.29 is 14.1 Å². The van der Waals surface area contributed by atoms with Gasteiger partial charge in [-0.05, 0) is 23.3 Å². The van der Waals surface area contributed by atoms with Crippen LogP contribution in [0.25, 0.3) is 39.1 Å². The summed E-state index contributed by atoms with van der Waals surface area (Å²) in [6, 6.07) is 31.2. The normalized spacial score (nSPS) is 13.8.